The maximum atomic E-state index is 13.1. The van der Waals surface area contributed by atoms with E-state index in [-0.39, 0.29) is 24.0 Å². The van der Waals surface area contributed by atoms with Crippen LogP contribution < -0.4 is 10.2 Å². The van der Waals surface area contributed by atoms with Gasteiger partial charge in [0, 0.05) is 6.42 Å². The highest BCUT2D eigenvalue weighted by Crippen LogP contribution is 2.68. The molecule has 0 unspecified atom stereocenters. The zero-order valence-electron chi connectivity index (χ0n) is 25.3. The number of alkyl halides is 1. The van der Waals surface area contributed by atoms with Crippen LogP contribution in [0.15, 0.2) is 24.3 Å². The number of hydrazine groups is 1. The minimum Gasteiger partial charge on any atom is -0.497 e. The predicted molar refractivity (Wildman–Crippen MR) is 160 cm³/mol. The number of rotatable bonds is 7. The zero-order chi connectivity index (χ0) is 29.1. The lowest BCUT2D eigenvalue weighted by atomic mass is 9.44. The number of aliphatic hydroxyl groups excluding tert-OH is 1. The average molecular weight is 585 g/mol. The van der Waals surface area contributed by atoms with Crippen LogP contribution in [0.25, 0.3) is 0 Å². The molecule has 1 saturated heterocycles. The van der Waals surface area contributed by atoms with Crippen molar-refractivity contribution in [1.29, 1.82) is 0 Å². The number of carbonyl (C=O) groups is 2. The molecule has 0 aromatic heterocycles. The number of ether oxygens (including phenoxy) is 1. The molecule has 4 saturated carbocycles. The fourth-order valence-corrected chi connectivity index (χ4v) is 11.0. The number of nitrogens with one attached hydrogen (secondary N) is 1. The van der Waals surface area contributed by atoms with Crippen molar-refractivity contribution in [2.75, 3.05) is 7.11 Å². The first-order chi connectivity index (χ1) is 19.6. The Morgan fingerprint density at radius 1 is 1.07 bits per heavy atom. The summed E-state index contributed by atoms with van der Waals surface area (Å²) in [5.41, 5.74) is 4.51. The first kappa shape index (κ1) is 29.3. The fraction of sp³-hybridized carbons (Fsp3) is 0.765. The van der Waals surface area contributed by atoms with Crippen molar-refractivity contribution in [3.63, 3.8) is 0 Å². The second-order valence-electron chi connectivity index (χ2n) is 14.7. The number of hydrogen-bond donors (Lipinski definition) is 2. The van der Waals surface area contributed by atoms with Crippen molar-refractivity contribution in [1.82, 2.24) is 10.4 Å². The molecular formula is C34H49ClN2O4. The largest absolute Gasteiger partial charge is 0.497 e. The predicted octanol–water partition coefficient (Wildman–Crippen LogP) is 6.65. The number of benzene rings is 1. The van der Waals surface area contributed by atoms with Gasteiger partial charge in [-0.1, -0.05) is 32.9 Å². The van der Waals surface area contributed by atoms with Gasteiger partial charge < -0.3 is 9.84 Å². The van der Waals surface area contributed by atoms with Crippen LogP contribution in [0, 0.1) is 46.3 Å². The van der Waals surface area contributed by atoms with Gasteiger partial charge in [0.05, 0.1) is 13.2 Å². The number of amides is 2. The SMILES string of the molecule is COc1ccc([C@@H]2[C@@H](Cl)C(=O)N2NC(=O)CC[C@@H](C)[C@H]2CC[C@H]3[C@@H]4CC[C@H]5C[C@H](O)CC[C@]5(C)[C@H]4CC[C@]23C)cc1. The number of hydrogen-bond acceptors (Lipinski definition) is 4. The molecule has 0 radical (unpaired) electrons. The van der Waals surface area contributed by atoms with Crippen LogP contribution >= 0.6 is 11.6 Å². The molecule has 6 nitrogen and oxygen atoms in total. The van der Waals surface area contributed by atoms with E-state index in [1.54, 1.807) is 7.11 Å². The molecule has 41 heavy (non-hydrogen) atoms. The van der Waals surface area contributed by atoms with E-state index < -0.39 is 5.38 Å². The summed E-state index contributed by atoms with van der Waals surface area (Å²) in [4.78, 5) is 25.6. The summed E-state index contributed by atoms with van der Waals surface area (Å²) in [7, 11) is 1.62. The van der Waals surface area contributed by atoms with Gasteiger partial charge in [-0.15, -0.1) is 11.6 Å². The van der Waals surface area contributed by atoms with Crippen LogP contribution in [0.4, 0.5) is 0 Å². The Bertz CT molecular complexity index is 1140. The summed E-state index contributed by atoms with van der Waals surface area (Å²) in [6.45, 7) is 7.48. The van der Waals surface area contributed by atoms with Crippen LogP contribution in [0.1, 0.15) is 103 Å². The Balaban J connectivity index is 1.05. The second kappa shape index (κ2) is 11.0. The van der Waals surface area contributed by atoms with Gasteiger partial charge in [-0.2, -0.15) is 0 Å². The molecule has 226 valence electrons. The number of carbonyl (C=O) groups excluding carboxylic acids is 2. The van der Waals surface area contributed by atoms with Crippen molar-refractivity contribution in [3.8, 4) is 5.75 Å². The summed E-state index contributed by atoms with van der Waals surface area (Å²) in [6, 6.07) is 7.10. The van der Waals surface area contributed by atoms with Gasteiger partial charge in [-0.05, 0) is 128 Å². The Morgan fingerprint density at radius 3 is 2.51 bits per heavy atom. The number of nitrogens with zero attached hydrogens (tertiary/aromatic N) is 1. The first-order valence-corrected chi connectivity index (χ1v) is 16.6. The third kappa shape index (κ3) is 4.89. The summed E-state index contributed by atoms with van der Waals surface area (Å²) in [6.07, 6.45) is 12.2. The van der Waals surface area contributed by atoms with Gasteiger partial charge in [-0.3, -0.25) is 15.0 Å². The quantitative estimate of drug-likeness (QED) is 0.278. The maximum absolute atomic E-state index is 13.1. The number of halogens is 1. The number of methoxy groups -OCH3 is 1. The van der Waals surface area contributed by atoms with Gasteiger partial charge in [0.25, 0.3) is 5.91 Å². The third-order valence-corrected chi connectivity index (χ3v) is 13.4. The molecule has 1 aromatic rings. The molecule has 7 heteroatoms. The summed E-state index contributed by atoms with van der Waals surface area (Å²) in [5.74, 6) is 4.60. The molecular weight excluding hydrogens is 536 g/mol. The zero-order valence-corrected chi connectivity index (χ0v) is 26.0. The summed E-state index contributed by atoms with van der Waals surface area (Å²) < 4.78 is 5.24. The van der Waals surface area contributed by atoms with E-state index in [0.717, 1.165) is 48.3 Å². The molecule has 5 aliphatic rings. The van der Waals surface area contributed by atoms with Crippen molar-refractivity contribution in [2.45, 2.75) is 109 Å². The molecule has 1 aliphatic heterocycles. The van der Waals surface area contributed by atoms with Gasteiger partial charge in [0.2, 0.25) is 5.91 Å². The molecule has 0 bridgehead atoms. The van der Waals surface area contributed by atoms with E-state index >= 15 is 0 Å². The summed E-state index contributed by atoms with van der Waals surface area (Å²) in [5, 5.41) is 11.1. The smallest absolute Gasteiger partial charge is 0.262 e. The van der Waals surface area contributed by atoms with Crippen molar-refractivity contribution in [3.05, 3.63) is 29.8 Å². The molecule has 2 amide bonds. The van der Waals surface area contributed by atoms with E-state index in [0.29, 0.717) is 35.0 Å². The lowest BCUT2D eigenvalue weighted by molar-refractivity contribution is -0.156. The molecule has 11 atom stereocenters. The van der Waals surface area contributed by atoms with E-state index in [1.165, 1.54) is 50.0 Å². The molecule has 4 aliphatic carbocycles. The van der Waals surface area contributed by atoms with Crippen molar-refractivity contribution in [2.24, 2.45) is 46.3 Å². The van der Waals surface area contributed by atoms with Gasteiger partial charge in [0.15, 0.2) is 0 Å². The second-order valence-corrected chi connectivity index (χ2v) is 15.2. The molecule has 2 N–H and O–H groups in total. The van der Waals surface area contributed by atoms with Crippen LogP contribution in [0.3, 0.4) is 0 Å². The Morgan fingerprint density at radius 2 is 1.78 bits per heavy atom. The molecule has 6 rings (SSSR count). The third-order valence-electron chi connectivity index (χ3n) is 13.0. The number of β-lactam (4-membered cyclic amide) rings is 1. The van der Waals surface area contributed by atoms with Crippen LogP contribution in [0.5, 0.6) is 5.75 Å². The van der Waals surface area contributed by atoms with Crippen LogP contribution in [0.2, 0.25) is 0 Å². The monoisotopic (exact) mass is 584 g/mol. The maximum Gasteiger partial charge on any atom is 0.262 e. The normalized spacial score (nSPS) is 42.4. The van der Waals surface area contributed by atoms with E-state index in [9.17, 15) is 14.7 Å². The highest BCUT2D eigenvalue weighted by molar-refractivity contribution is 6.33. The Labute approximate surface area is 250 Å². The van der Waals surface area contributed by atoms with E-state index in [1.807, 2.05) is 24.3 Å². The average Bonchev–Trinajstić information content (AvgIpc) is 3.33. The summed E-state index contributed by atoms with van der Waals surface area (Å²) >= 11 is 6.36. The van der Waals surface area contributed by atoms with Crippen molar-refractivity contribution < 1.29 is 19.4 Å². The standard InChI is InChI=1S/C34H49ClN2O4/c1-20(5-14-29(39)36-37-31(30(35)32(37)40)21-6-9-24(41-4)10-7-21)26-12-13-27-25-11-8-22-19-23(38)15-17-33(22,2)28(25)16-18-34(26,27)3/h6-7,9-10,20,22-23,25-28,30-31,38H,5,8,11-19H2,1-4H3,(H,36,39)/t20-,22+,23-,25+,26-,27+,28+,30-,31-,33+,34-/m1/s1. The van der Waals surface area contributed by atoms with Gasteiger partial charge >= 0.3 is 0 Å². The highest BCUT2D eigenvalue weighted by atomic mass is 35.5. The molecule has 0 spiro atoms. The van der Waals surface area contributed by atoms with E-state index in [2.05, 4.69) is 26.2 Å². The molecule has 1 aromatic carbocycles. The first-order valence-electron chi connectivity index (χ1n) is 16.2. The van der Waals surface area contributed by atoms with Crippen LogP contribution in [-0.4, -0.2) is 40.5 Å². The van der Waals surface area contributed by atoms with E-state index in [4.69, 9.17) is 16.3 Å². The lowest BCUT2D eigenvalue weighted by Gasteiger charge is -2.61. The number of fused-ring (bicyclic) bond motifs is 5. The minimum absolute atomic E-state index is 0.0868. The van der Waals surface area contributed by atoms with Crippen LogP contribution in [-0.2, 0) is 9.59 Å². The highest BCUT2D eigenvalue weighted by Gasteiger charge is 2.60. The van der Waals surface area contributed by atoms with Gasteiger partial charge in [0.1, 0.15) is 17.2 Å². The molecule has 1 heterocycles. The minimum atomic E-state index is -0.677. The Hall–Kier alpha value is -1.79. The van der Waals surface area contributed by atoms with Gasteiger partial charge in [-0.25, -0.2) is 5.01 Å². The fourth-order valence-electron chi connectivity index (χ4n) is 10.7. The molecule has 5 fully saturated rings. The number of aliphatic hydroxyl groups is 1. The topological polar surface area (TPSA) is 78.9 Å². The lowest BCUT2D eigenvalue weighted by Crippen LogP contribution is -2.63. The van der Waals surface area contributed by atoms with Crippen molar-refractivity contribution >= 4 is 23.4 Å². The Kier molecular flexibility index (Phi) is 7.89.